The van der Waals surface area contributed by atoms with Gasteiger partial charge in [-0.2, -0.15) is 0 Å². The van der Waals surface area contributed by atoms with Crippen LogP contribution in [0, 0.1) is 0 Å². The van der Waals surface area contributed by atoms with Crippen LogP contribution in [0.1, 0.15) is 21.6 Å². The number of pyridine rings is 1. The first-order valence-electron chi connectivity index (χ1n) is 11.2. The number of thiophene rings is 1. The molecule has 0 radical (unpaired) electrons. The lowest BCUT2D eigenvalue weighted by molar-refractivity contribution is 0.102. The molecular formula is C25H32N6O3S. The molecule has 4 N–H and O–H groups in total. The number of aromatic nitrogens is 1. The number of carbonyl (C=O) groups excluding carboxylic acids is 2. The van der Waals surface area contributed by atoms with Gasteiger partial charge in [0.1, 0.15) is 11.4 Å². The normalized spacial score (nSPS) is 10.7. The van der Waals surface area contributed by atoms with Gasteiger partial charge in [0.2, 0.25) is 0 Å². The number of benzene rings is 1. The lowest BCUT2D eigenvalue weighted by Gasteiger charge is -2.25. The van der Waals surface area contributed by atoms with Gasteiger partial charge in [0.15, 0.2) is 0 Å². The molecule has 0 bridgehead atoms. The highest BCUT2D eigenvalue weighted by Gasteiger charge is 2.15. The molecule has 9 nitrogen and oxygen atoms in total. The summed E-state index contributed by atoms with van der Waals surface area (Å²) in [7, 11) is 5.57. The highest BCUT2D eigenvalue weighted by Crippen LogP contribution is 2.23. The number of nitrogen functional groups attached to an aromatic ring is 1. The van der Waals surface area contributed by atoms with Gasteiger partial charge in [-0.15, -0.1) is 11.3 Å². The predicted octanol–water partition coefficient (Wildman–Crippen LogP) is 3.30. The lowest BCUT2D eigenvalue weighted by Crippen LogP contribution is -2.43. The molecule has 0 unspecified atom stereocenters. The molecule has 2 aromatic heterocycles. The molecule has 0 spiro atoms. The number of amides is 3. The van der Waals surface area contributed by atoms with Crippen LogP contribution in [0.2, 0.25) is 0 Å². The summed E-state index contributed by atoms with van der Waals surface area (Å²) in [6.45, 7) is 2.18. The Bertz CT molecular complexity index is 1100. The van der Waals surface area contributed by atoms with Crippen molar-refractivity contribution in [2.24, 2.45) is 0 Å². The van der Waals surface area contributed by atoms with Crippen molar-refractivity contribution >= 4 is 34.6 Å². The number of hydrogen-bond acceptors (Lipinski definition) is 7. The summed E-state index contributed by atoms with van der Waals surface area (Å²) in [6.07, 6.45) is 2.34. The number of likely N-dealkylation sites (N-methyl/N-ethyl adjacent to an activating group) is 1. The van der Waals surface area contributed by atoms with Crippen LogP contribution in [-0.2, 0) is 13.0 Å². The molecule has 0 fully saturated rings. The van der Waals surface area contributed by atoms with Gasteiger partial charge < -0.3 is 30.9 Å². The highest BCUT2D eigenvalue weighted by atomic mass is 32.1. The zero-order valence-corrected chi connectivity index (χ0v) is 21.1. The second-order valence-corrected chi connectivity index (χ2v) is 9.05. The van der Waals surface area contributed by atoms with E-state index in [0.717, 1.165) is 29.8 Å². The Kier molecular flexibility index (Phi) is 9.45. The molecular weight excluding hydrogens is 464 g/mol. The molecule has 3 amide bonds. The zero-order chi connectivity index (χ0) is 25.2. The third-order valence-electron chi connectivity index (χ3n) is 5.32. The summed E-state index contributed by atoms with van der Waals surface area (Å²) in [6, 6.07) is 11.1. The van der Waals surface area contributed by atoms with E-state index in [2.05, 4.69) is 15.6 Å². The standard InChI is InChI=1S/C25H32N6O3S/c1-30(2)12-13-31(25(33)27-11-10-18-4-7-20(34-3)8-5-18)15-19-6-9-22(28-14-19)24(32)29-23-17-35-16-21(23)26/h4-9,14,16-17H,10-13,15,26H2,1-3H3,(H,27,33)(H,29,32). The molecule has 186 valence electrons. The number of hydrogen-bond donors (Lipinski definition) is 3. The molecule has 10 heteroatoms. The maximum Gasteiger partial charge on any atom is 0.317 e. The average Bonchev–Trinajstić information content (AvgIpc) is 3.26. The molecule has 2 heterocycles. The number of anilines is 2. The number of carbonyl (C=O) groups is 2. The maximum absolute atomic E-state index is 12.9. The molecule has 1 aromatic carbocycles. The third-order valence-corrected chi connectivity index (χ3v) is 6.09. The van der Waals surface area contributed by atoms with E-state index in [4.69, 9.17) is 10.5 Å². The van der Waals surface area contributed by atoms with Crippen LogP contribution < -0.4 is 21.1 Å². The van der Waals surface area contributed by atoms with Crippen molar-refractivity contribution in [3.63, 3.8) is 0 Å². The van der Waals surface area contributed by atoms with Crippen molar-refractivity contribution in [3.8, 4) is 5.75 Å². The van der Waals surface area contributed by atoms with Crippen LogP contribution in [0.15, 0.2) is 53.4 Å². The zero-order valence-electron chi connectivity index (χ0n) is 20.3. The average molecular weight is 497 g/mol. The van der Waals surface area contributed by atoms with Crippen LogP contribution in [0.4, 0.5) is 16.2 Å². The smallest absolute Gasteiger partial charge is 0.317 e. The third kappa shape index (κ3) is 7.97. The predicted molar refractivity (Wildman–Crippen MR) is 140 cm³/mol. The number of nitrogens with two attached hydrogens (primary N) is 1. The van der Waals surface area contributed by atoms with E-state index in [9.17, 15) is 9.59 Å². The number of ether oxygens (including phenoxy) is 1. The topological polar surface area (TPSA) is 113 Å². The van der Waals surface area contributed by atoms with Gasteiger partial charge in [-0.1, -0.05) is 18.2 Å². The van der Waals surface area contributed by atoms with E-state index in [0.29, 0.717) is 31.0 Å². The molecule has 0 aliphatic carbocycles. The number of methoxy groups -OCH3 is 1. The van der Waals surface area contributed by atoms with Gasteiger partial charge in [-0.25, -0.2) is 4.79 Å². The number of rotatable bonds is 11. The van der Waals surface area contributed by atoms with E-state index in [-0.39, 0.29) is 17.6 Å². The highest BCUT2D eigenvalue weighted by molar-refractivity contribution is 7.09. The Hall–Kier alpha value is -3.63. The Balaban J connectivity index is 1.57. The first kappa shape index (κ1) is 26.0. The van der Waals surface area contributed by atoms with Crippen LogP contribution in [0.3, 0.4) is 0 Å². The minimum Gasteiger partial charge on any atom is -0.497 e. The minimum absolute atomic E-state index is 0.143. The van der Waals surface area contributed by atoms with Crippen molar-refractivity contribution in [2.45, 2.75) is 13.0 Å². The molecule has 0 atom stereocenters. The fourth-order valence-electron chi connectivity index (χ4n) is 3.26. The first-order chi connectivity index (χ1) is 16.9. The molecule has 0 saturated heterocycles. The Morgan fingerprint density at radius 2 is 1.80 bits per heavy atom. The van der Waals surface area contributed by atoms with Crippen molar-refractivity contribution in [1.82, 2.24) is 20.1 Å². The first-order valence-corrected chi connectivity index (χ1v) is 12.2. The number of nitrogens with zero attached hydrogens (tertiary/aromatic N) is 3. The van der Waals surface area contributed by atoms with E-state index < -0.39 is 0 Å². The summed E-state index contributed by atoms with van der Waals surface area (Å²) in [5, 5.41) is 9.30. The molecule has 3 rings (SSSR count). The Morgan fingerprint density at radius 1 is 1.06 bits per heavy atom. The van der Waals surface area contributed by atoms with Gasteiger partial charge in [-0.05, 0) is 49.8 Å². The number of urea groups is 1. The van der Waals surface area contributed by atoms with E-state index >= 15 is 0 Å². The number of nitrogens with one attached hydrogen (secondary N) is 2. The summed E-state index contributed by atoms with van der Waals surface area (Å²) >= 11 is 1.42. The Morgan fingerprint density at radius 3 is 2.40 bits per heavy atom. The van der Waals surface area contributed by atoms with Crippen LogP contribution in [-0.4, -0.2) is 67.6 Å². The largest absolute Gasteiger partial charge is 0.497 e. The second-order valence-electron chi connectivity index (χ2n) is 8.30. The molecule has 3 aromatic rings. The Labute approximate surface area is 209 Å². The monoisotopic (exact) mass is 496 g/mol. The van der Waals surface area contributed by atoms with Crippen LogP contribution in [0.5, 0.6) is 5.75 Å². The van der Waals surface area contributed by atoms with Gasteiger partial charge in [0.25, 0.3) is 5.91 Å². The van der Waals surface area contributed by atoms with Crippen molar-refractivity contribution in [3.05, 3.63) is 70.2 Å². The summed E-state index contributed by atoms with van der Waals surface area (Å²) in [5.41, 5.74) is 9.16. The summed E-state index contributed by atoms with van der Waals surface area (Å²) in [5.74, 6) is 0.475. The SMILES string of the molecule is COc1ccc(CCNC(=O)N(CCN(C)C)Cc2ccc(C(=O)Nc3cscc3N)nc2)cc1. The van der Waals surface area contributed by atoms with Crippen LogP contribution in [0.25, 0.3) is 0 Å². The van der Waals surface area contributed by atoms with Gasteiger partial charge >= 0.3 is 6.03 Å². The summed E-state index contributed by atoms with van der Waals surface area (Å²) < 4.78 is 5.18. The van der Waals surface area contributed by atoms with Gasteiger partial charge in [-0.3, -0.25) is 9.78 Å². The van der Waals surface area contributed by atoms with E-state index in [1.165, 1.54) is 11.3 Å². The van der Waals surface area contributed by atoms with E-state index in [1.807, 2.05) is 49.3 Å². The van der Waals surface area contributed by atoms with Crippen molar-refractivity contribution < 1.29 is 14.3 Å². The molecule has 0 saturated carbocycles. The molecule has 35 heavy (non-hydrogen) atoms. The quantitative estimate of drug-likeness (QED) is 0.375. The lowest BCUT2D eigenvalue weighted by atomic mass is 10.1. The molecule has 0 aliphatic rings. The molecule has 0 aliphatic heterocycles. The van der Waals surface area contributed by atoms with Gasteiger partial charge in [0.05, 0.1) is 18.5 Å². The minimum atomic E-state index is -0.331. The fourth-order valence-corrected chi connectivity index (χ4v) is 3.93. The fraction of sp³-hybridized carbons (Fsp3) is 0.320. The van der Waals surface area contributed by atoms with Gasteiger partial charge in [0, 0.05) is 43.1 Å². The van der Waals surface area contributed by atoms with Crippen molar-refractivity contribution in [1.29, 1.82) is 0 Å². The summed E-state index contributed by atoms with van der Waals surface area (Å²) in [4.78, 5) is 33.4. The van der Waals surface area contributed by atoms with Crippen LogP contribution >= 0.6 is 11.3 Å². The van der Waals surface area contributed by atoms with Crippen molar-refractivity contribution in [2.75, 3.05) is 51.9 Å². The maximum atomic E-state index is 12.9. The van der Waals surface area contributed by atoms with E-state index in [1.54, 1.807) is 35.0 Å². The second kappa shape index (κ2) is 12.7.